The fourth-order valence-electron chi connectivity index (χ4n) is 1.56. The van der Waals surface area contributed by atoms with Crippen LogP contribution in [0.2, 0.25) is 0 Å². The maximum atomic E-state index is 11.8. The van der Waals surface area contributed by atoms with Gasteiger partial charge in [-0.15, -0.1) is 6.58 Å². The Morgan fingerprint density at radius 1 is 1.37 bits per heavy atom. The topological polar surface area (TPSA) is 83.5 Å². The first-order valence-electron chi connectivity index (χ1n) is 5.85. The highest BCUT2D eigenvalue weighted by Crippen LogP contribution is 2.14. The van der Waals surface area contributed by atoms with Crippen molar-refractivity contribution in [3.8, 4) is 0 Å². The lowest BCUT2D eigenvalue weighted by Gasteiger charge is -2.14. The molecule has 0 fully saturated rings. The van der Waals surface area contributed by atoms with Crippen LogP contribution in [0.4, 0.5) is 0 Å². The molecule has 104 valence electrons. The Morgan fingerprint density at radius 2 is 2.00 bits per heavy atom. The first kappa shape index (κ1) is 15.4. The minimum absolute atomic E-state index is 0.115. The molecule has 0 bridgehead atoms. The maximum absolute atomic E-state index is 11.8. The Bertz CT molecular complexity index is 525. The van der Waals surface area contributed by atoms with Gasteiger partial charge in [0.25, 0.3) is 0 Å². The Kier molecular flexibility index (Phi) is 5.72. The highest BCUT2D eigenvalue weighted by atomic mass is 32.2. The standard InChI is InChI=1S/C13H17NO4S/c1-2-3-7-10-19(17,18)14-12(13(15)16)11-8-5-4-6-9-11/h2,4-6,8-9,12,14H,1,3,7,10H2,(H,15,16)/t12-/m0/s1. The van der Waals surface area contributed by atoms with Gasteiger partial charge in [-0.25, -0.2) is 8.42 Å². The van der Waals surface area contributed by atoms with Crippen molar-refractivity contribution in [2.75, 3.05) is 5.75 Å². The van der Waals surface area contributed by atoms with E-state index in [1.807, 2.05) is 0 Å². The second kappa shape index (κ2) is 7.06. The van der Waals surface area contributed by atoms with E-state index < -0.39 is 22.0 Å². The third-order valence-electron chi connectivity index (χ3n) is 2.50. The Hall–Kier alpha value is -1.66. The van der Waals surface area contributed by atoms with Crippen molar-refractivity contribution < 1.29 is 18.3 Å². The minimum Gasteiger partial charge on any atom is -0.480 e. The van der Waals surface area contributed by atoms with Crippen LogP contribution in [0.15, 0.2) is 43.0 Å². The molecule has 1 aromatic rings. The van der Waals surface area contributed by atoms with Crippen LogP contribution in [-0.2, 0) is 14.8 Å². The Balaban J connectivity index is 2.80. The number of carbonyl (C=O) groups is 1. The van der Waals surface area contributed by atoms with Crippen LogP contribution in [0.1, 0.15) is 24.4 Å². The van der Waals surface area contributed by atoms with Crippen molar-refractivity contribution in [3.63, 3.8) is 0 Å². The van der Waals surface area contributed by atoms with Crippen molar-refractivity contribution in [3.05, 3.63) is 48.6 Å². The second-order valence-corrected chi connectivity index (χ2v) is 5.92. The highest BCUT2D eigenvalue weighted by Gasteiger charge is 2.25. The molecule has 1 atom stereocenters. The maximum Gasteiger partial charge on any atom is 0.326 e. The molecule has 0 heterocycles. The molecule has 0 aliphatic carbocycles. The molecule has 0 saturated carbocycles. The van der Waals surface area contributed by atoms with Gasteiger partial charge in [0.15, 0.2) is 0 Å². The normalized spacial score (nSPS) is 12.8. The van der Waals surface area contributed by atoms with Crippen LogP contribution in [0.3, 0.4) is 0 Å². The van der Waals surface area contributed by atoms with Gasteiger partial charge in [0.2, 0.25) is 10.0 Å². The second-order valence-electron chi connectivity index (χ2n) is 4.05. The van der Waals surface area contributed by atoms with Crippen molar-refractivity contribution >= 4 is 16.0 Å². The van der Waals surface area contributed by atoms with E-state index in [1.54, 1.807) is 36.4 Å². The SMILES string of the molecule is C=CCCCS(=O)(=O)N[C@H](C(=O)O)c1ccccc1. The lowest BCUT2D eigenvalue weighted by molar-refractivity contribution is -0.139. The van der Waals surface area contributed by atoms with Gasteiger partial charge in [-0.3, -0.25) is 4.79 Å². The lowest BCUT2D eigenvalue weighted by Crippen LogP contribution is -2.35. The fraction of sp³-hybridized carbons (Fsp3) is 0.308. The Labute approximate surface area is 113 Å². The van der Waals surface area contributed by atoms with E-state index in [0.29, 0.717) is 18.4 Å². The average molecular weight is 283 g/mol. The number of nitrogens with one attached hydrogen (secondary N) is 1. The largest absolute Gasteiger partial charge is 0.480 e. The van der Waals surface area contributed by atoms with Crippen LogP contribution in [0, 0.1) is 0 Å². The number of rotatable bonds is 8. The summed E-state index contributed by atoms with van der Waals surface area (Å²) in [5, 5.41) is 9.12. The summed E-state index contributed by atoms with van der Waals surface area (Å²) in [5.74, 6) is -1.34. The van der Waals surface area contributed by atoms with Crippen molar-refractivity contribution in [1.29, 1.82) is 0 Å². The summed E-state index contributed by atoms with van der Waals surface area (Å²) < 4.78 is 25.8. The fourth-order valence-corrected chi connectivity index (χ4v) is 2.82. The third-order valence-corrected chi connectivity index (χ3v) is 3.92. The van der Waals surface area contributed by atoms with Gasteiger partial charge in [-0.1, -0.05) is 36.4 Å². The van der Waals surface area contributed by atoms with Crippen molar-refractivity contribution in [2.45, 2.75) is 18.9 Å². The molecule has 0 aliphatic heterocycles. The van der Waals surface area contributed by atoms with Crippen LogP contribution >= 0.6 is 0 Å². The van der Waals surface area contributed by atoms with E-state index in [2.05, 4.69) is 11.3 Å². The number of hydrogen-bond acceptors (Lipinski definition) is 3. The molecule has 0 radical (unpaired) electrons. The molecule has 19 heavy (non-hydrogen) atoms. The van der Waals surface area contributed by atoms with Crippen LogP contribution in [0.5, 0.6) is 0 Å². The quantitative estimate of drug-likeness (QED) is 0.562. The molecular formula is C13H17NO4S. The molecule has 5 nitrogen and oxygen atoms in total. The summed E-state index contributed by atoms with van der Waals surface area (Å²) in [5.41, 5.74) is 0.405. The monoisotopic (exact) mass is 283 g/mol. The van der Waals surface area contributed by atoms with Gasteiger partial charge in [-0.2, -0.15) is 4.72 Å². The molecule has 0 saturated heterocycles. The highest BCUT2D eigenvalue weighted by molar-refractivity contribution is 7.89. The molecule has 1 rings (SSSR count). The molecule has 0 aliphatic rings. The van der Waals surface area contributed by atoms with E-state index >= 15 is 0 Å². The van der Waals surface area contributed by atoms with Gasteiger partial charge < -0.3 is 5.11 Å². The summed E-state index contributed by atoms with van der Waals surface area (Å²) in [7, 11) is -3.62. The van der Waals surface area contributed by atoms with E-state index in [9.17, 15) is 13.2 Å². The number of hydrogen-bond donors (Lipinski definition) is 2. The van der Waals surface area contributed by atoms with Gasteiger partial charge >= 0.3 is 5.97 Å². The van der Waals surface area contributed by atoms with Crippen molar-refractivity contribution in [2.24, 2.45) is 0 Å². The van der Waals surface area contributed by atoms with E-state index in [1.165, 1.54) is 0 Å². The summed E-state index contributed by atoms with van der Waals surface area (Å²) in [4.78, 5) is 11.2. The molecule has 2 N–H and O–H groups in total. The first-order chi connectivity index (χ1) is 8.96. The van der Waals surface area contributed by atoms with Crippen molar-refractivity contribution in [1.82, 2.24) is 4.72 Å². The Morgan fingerprint density at radius 3 is 2.53 bits per heavy atom. The van der Waals surface area contributed by atoms with Crippen LogP contribution < -0.4 is 4.72 Å². The molecular weight excluding hydrogens is 266 g/mol. The molecule has 0 amide bonds. The number of carboxylic acid groups (broad SMARTS) is 1. The number of unbranched alkanes of at least 4 members (excludes halogenated alkanes) is 1. The number of sulfonamides is 1. The number of benzene rings is 1. The average Bonchev–Trinajstić information content (AvgIpc) is 2.37. The van der Waals surface area contributed by atoms with E-state index in [-0.39, 0.29) is 5.75 Å². The summed E-state index contributed by atoms with van der Waals surface area (Å²) in [6.45, 7) is 3.51. The number of allylic oxidation sites excluding steroid dienone is 1. The number of aliphatic carboxylic acids is 1. The molecule has 1 aromatic carbocycles. The van der Waals surface area contributed by atoms with E-state index in [4.69, 9.17) is 5.11 Å². The van der Waals surface area contributed by atoms with Gasteiger partial charge in [0.05, 0.1) is 5.75 Å². The minimum atomic E-state index is -3.62. The van der Waals surface area contributed by atoms with Crippen LogP contribution in [-0.4, -0.2) is 25.2 Å². The smallest absolute Gasteiger partial charge is 0.326 e. The zero-order valence-corrected chi connectivity index (χ0v) is 11.3. The molecule has 6 heteroatoms. The van der Waals surface area contributed by atoms with Gasteiger partial charge in [0, 0.05) is 0 Å². The third kappa shape index (κ3) is 5.23. The zero-order chi connectivity index (χ0) is 14.3. The summed E-state index contributed by atoms with van der Waals surface area (Å²) >= 11 is 0. The first-order valence-corrected chi connectivity index (χ1v) is 7.50. The summed E-state index contributed by atoms with van der Waals surface area (Å²) in [6, 6.07) is 6.96. The molecule has 0 aromatic heterocycles. The summed E-state index contributed by atoms with van der Waals surface area (Å²) in [6.07, 6.45) is 2.62. The number of carboxylic acids is 1. The lowest BCUT2D eigenvalue weighted by atomic mass is 10.1. The molecule has 0 unspecified atom stereocenters. The zero-order valence-electron chi connectivity index (χ0n) is 10.5. The molecule has 0 spiro atoms. The predicted molar refractivity (Wildman–Crippen MR) is 73.2 cm³/mol. The van der Waals surface area contributed by atoms with Crippen LogP contribution in [0.25, 0.3) is 0 Å². The van der Waals surface area contributed by atoms with E-state index in [0.717, 1.165) is 0 Å². The predicted octanol–water partition coefficient (Wildman–Crippen LogP) is 1.70. The van der Waals surface area contributed by atoms with Gasteiger partial charge in [-0.05, 0) is 18.4 Å². The van der Waals surface area contributed by atoms with Gasteiger partial charge in [0.1, 0.15) is 6.04 Å².